The van der Waals surface area contributed by atoms with Crippen LogP contribution in [0.4, 0.5) is 5.13 Å². The number of piperidine rings is 1. The van der Waals surface area contributed by atoms with Crippen LogP contribution in [-0.2, 0) is 10.0 Å². The Morgan fingerprint density at radius 1 is 1.20 bits per heavy atom. The van der Waals surface area contributed by atoms with Crippen LogP contribution in [0.15, 0.2) is 51.1 Å². The molecular formula is C21H23N3O4S2. The number of hydrogen-bond donors (Lipinski definition) is 1. The van der Waals surface area contributed by atoms with Crippen molar-refractivity contribution in [1.29, 1.82) is 0 Å². The summed E-state index contributed by atoms with van der Waals surface area (Å²) in [5.41, 5.74) is 1.02. The Balaban J connectivity index is 1.46. The van der Waals surface area contributed by atoms with Gasteiger partial charge in [-0.2, -0.15) is 4.31 Å². The molecule has 1 saturated heterocycles. The molecule has 3 aromatic rings. The van der Waals surface area contributed by atoms with Crippen LogP contribution in [0.5, 0.6) is 0 Å². The molecule has 4 rings (SSSR count). The summed E-state index contributed by atoms with van der Waals surface area (Å²) in [6, 6.07) is 9.71. The van der Waals surface area contributed by atoms with Crippen LogP contribution in [0.2, 0.25) is 0 Å². The van der Waals surface area contributed by atoms with E-state index < -0.39 is 10.0 Å². The quantitative estimate of drug-likeness (QED) is 0.623. The molecular weight excluding hydrogens is 422 g/mol. The number of nitrogens with zero attached hydrogens (tertiary/aromatic N) is 2. The standard InChI is InChI=1S/C21H23N3O4S2/c1-14-5-3-4-12-24(14)30(26,27)17-9-7-16(8-10-17)20(25)23-21-22-18(13-29-21)19-11-6-15(2)28-19/h6-11,13-14H,3-5,12H2,1-2H3,(H,22,23,25). The molecule has 2 aromatic heterocycles. The summed E-state index contributed by atoms with van der Waals surface area (Å²) in [5, 5.41) is 5.01. The minimum Gasteiger partial charge on any atom is -0.460 e. The largest absolute Gasteiger partial charge is 0.460 e. The number of aromatic nitrogens is 1. The Kier molecular flexibility index (Phi) is 5.77. The van der Waals surface area contributed by atoms with Gasteiger partial charge in [-0.1, -0.05) is 6.42 Å². The summed E-state index contributed by atoms with van der Waals surface area (Å²) in [7, 11) is -3.56. The Morgan fingerprint density at radius 3 is 2.63 bits per heavy atom. The number of thiazole rings is 1. The van der Waals surface area contributed by atoms with Gasteiger partial charge in [0.25, 0.3) is 5.91 Å². The first kappa shape index (κ1) is 20.8. The van der Waals surface area contributed by atoms with Crippen molar-refractivity contribution < 1.29 is 17.6 Å². The highest BCUT2D eigenvalue weighted by Gasteiger charge is 2.30. The fourth-order valence-electron chi connectivity index (χ4n) is 3.53. The number of amides is 1. The molecule has 1 unspecified atom stereocenters. The predicted molar refractivity (Wildman–Crippen MR) is 116 cm³/mol. The van der Waals surface area contributed by atoms with Crippen LogP contribution in [-0.4, -0.2) is 36.2 Å². The molecule has 1 aliphatic heterocycles. The zero-order valence-electron chi connectivity index (χ0n) is 16.8. The first-order valence-corrected chi connectivity index (χ1v) is 12.1. The second-order valence-corrected chi connectivity index (χ2v) is 10.1. The first-order valence-electron chi connectivity index (χ1n) is 9.80. The monoisotopic (exact) mass is 445 g/mol. The molecule has 0 aliphatic carbocycles. The maximum atomic E-state index is 12.9. The van der Waals surface area contributed by atoms with Gasteiger partial charge in [-0.15, -0.1) is 11.3 Å². The third-order valence-electron chi connectivity index (χ3n) is 5.18. The van der Waals surface area contributed by atoms with Crippen molar-refractivity contribution >= 4 is 32.4 Å². The minimum atomic E-state index is -3.56. The number of benzene rings is 1. The molecule has 1 fully saturated rings. The number of carbonyl (C=O) groups is 1. The van der Waals surface area contributed by atoms with E-state index in [1.807, 2.05) is 31.4 Å². The Hall–Kier alpha value is -2.49. The lowest BCUT2D eigenvalue weighted by Crippen LogP contribution is -2.41. The third-order valence-corrected chi connectivity index (χ3v) is 7.97. The van der Waals surface area contributed by atoms with E-state index in [9.17, 15) is 13.2 Å². The van der Waals surface area contributed by atoms with Crippen molar-refractivity contribution in [3.63, 3.8) is 0 Å². The van der Waals surface area contributed by atoms with Crippen molar-refractivity contribution in [1.82, 2.24) is 9.29 Å². The van der Waals surface area contributed by atoms with Gasteiger partial charge in [0.15, 0.2) is 10.9 Å². The van der Waals surface area contributed by atoms with E-state index in [0.717, 1.165) is 25.0 Å². The molecule has 1 amide bonds. The Morgan fingerprint density at radius 2 is 1.97 bits per heavy atom. The zero-order chi connectivity index (χ0) is 21.3. The molecule has 158 valence electrons. The van der Waals surface area contributed by atoms with Gasteiger partial charge in [0, 0.05) is 23.5 Å². The maximum Gasteiger partial charge on any atom is 0.257 e. The molecule has 0 spiro atoms. The molecule has 30 heavy (non-hydrogen) atoms. The number of anilines is 1. The van der Waals surface area contributed by atoms with E-state index in [1.54, 1.807) is 4.31 Å². The number of carbonyl (C=O) groups excluding carboxylic acids is 1. The van der Waals surface area contributed by atoms with Crippen LogP contribution in [0.25, 0.3) is 11.5 Å². The lowest BCUT2D eigenvalue weighted by atomic mass is 10.1. The van der Waals surface area contributed by atoms with E-state index >= 15 is 0 Å². The fourth-order valence-corrected chi connectivity index (χ4v) is 5.92. The van der Waals surface area contributed by atoms with Gasteiger partial charge in [0.2, 0.25) is 10.0 Å². The first-order chi connectivity index (χ1) is 14.3. The van der Waals surface area contributed by atoms with Gasteiger partial charge >= 0.3 is 0 Å². The topological polar surface area (TPSA) is 92.5 Å². The second-order valence-electron chi connectivity index (χ2n) is 7.39. The maximum absolute atomic E-state index is 12.9. The number of furan rings is 1. The Bertz CT molecular complexity index is 1150. The second kappa shape index (κ2) is 8.33. The Labute approximate surface area is 179 Å². The zero-order valence-corrected chi connectivity index (χ0v) is 18.4. The van der Waals surface area contributed by atoms with E-state index in [4.69, 9.17) is 4.42 Å². The highest BCUT2D eigenvalue weighted by Crippen LogP contribution is 2.27. The number of nitrogens with one attached hydrogen (secondary N) is 1. The fraction of sp³-hybridized carbons (Fsp3) is 0.333. The van der Waals surface area contributed by atoms with Gasteiger partial charge in [-0.05, 0) is 63.1 Å². The lowest BCUT2D eigenvalue weighted by molar-refractivity contribution is 0.102. The SMILES string of the molecule is Cc1ccc(-c2csc(NC(=O)c3ccc(S(=O)(=O)N4CCCCC4C)cc3)n2)o1. The molecule has 0 saturated carbocycles. The molecule has 9 heteroatoms. The van der Waals surface area contributed by atoms with Crippen molar-refractivity contribution in [3.8, 4) is 11.5 Å². The van der Waals surface area contributed by atoms with Crippen molar-refractivity contribution in [2.75, 3.05) is 11.9 Å². The van der Waals surface area contributed by atoms with E-state index in [-0.39, 0.29) is 16.8 Å². The molecule has 7 nitrogen and oxygen atoms in total. The lowest BCUT2D eigenvalue weighted by Gasteiger charge is -2.32. The van der Waals surface area contributed by atoms with Gasteiger partial charge in [0.05, 0.1) is 4.90 Å². The molecule has 1 N–H and O–H groups in total. The minimum absolute atomic E-state index is 0.0104. The number of sulfonamides is 1. The summed E-state index contributed by atoms with van der Waals surface area (Å²) in [5.74, 6) is 1.09. The van der Waals surface area contributed by atoms with Crippen LogP contribution >= 0.6 is 11.3 Å². The van der Waals surface area contributed by atoms with Crippen molar-refractivity contribution in [2.45, 2.75) is 44.0 Å². The number of aryl methyl sites for hydroxylation is 1. The van der Waals surface area contributed by atoms with E-state index in [2.05, 4.69) is 10.3 Å². The van der Waals surface area contributed by atoms with Crippen molar-refractivity contribution in [3.05, 3.63) is 53.1 Å². The summed E-state index contributed by atoms with van der Waals surface area (Å²) >= 11 is 1.30. The smallest absolute Gasteiger partial charge is 0.257 e. The summed E-state index contributed by atoms with van der Waals surface area (Å²) in [4.78, 5) is 17.1. The molecule has 1 aliphatic rings. The average Bonchev–Trinajstić information content (AvgIpc) is 3.37. The molecule has 0 radical (unpaired) electrons. The van der Waals surface area contributed by atoms with Crippen LogP contribution in [0, 0.1) is 6.92 Å². The van der Waals surface area contributed by atoms with Crippen LogP contribution in [0.3, 0.4) is 0 Å². The normalized spacial score (nSPS) is 17.7. The summed E-state index contributed by atoms with van der Waals surface area (Å²) in [6.07, 6.45) is 2.79. The number of hydrogen-bond acceptors (Lipinski definition) is 6. The van der Waals surface area contributed by atoms with Crippen LogP contribution < -0.4 is 5.32 Å². The van der Waals surface area contributed by atoms with Gasteiger partial charge in [-0.3, -0.25) is 10.1 Å². The van der Waals surface area contributed by atoms with E-state index in [1.165, 1.54) is 35.6 Å². The van der Waals surface area contributed by atoms with Gasteiger partial charge < -0.3 is 4.42 Å². The highest BCUT2D eigenvalue weighted by atomic mass is 32.2. The third kappa shape index (κ3) is 4.19. The molecule has 1 atom stereocenters. The molecule has 3 heterocycles. The molecule has 0 bridgehead atoms. The van der Waals surface area contributed by atoms with Crippen molar-refractivity contribution in [2.24, 2.45) is 0 Å². The molecule has 1 aromatic carbocycles. The average molecular weight is 446 g/mol. The predicted octanol–water partition coefficient (Wildman–Crippen LogP) is 4.53. The van der Waals surface area contributed by atoms with Gasteiger partial charge in [0.1, 0.15) is 11.5 Å². The summed E-state index contributed by atoms with van der Waals surface area (Å²) < 4.78 is 32.9. The van der Waals surface area contributed by atoms with Gasteiger partial charge in [-0.25, -0.2) is 13.4 Å². The highest BCUT2D eigenvalue weighted by molar-refractivity contribution is 7.89. The summed E-state index contributed by atoms with van der Waals surface area (Å²) in [6.45, 7) is 4.33. The number of rotatable bonds is 5. The van der Waals surface area contributed by atoms with E-state index in [0.29, 0.717) is 28.7 Å². The van der Waals surface area contributed by atoms with Crippen LogP contribution in [0.1, 0.15) is 42.3 Å².